The molecule has 0 bridgehead atoms. The van der Waals surface area contributed by atoms with Crippen LogP contribution in [0.3, 0.4) is 0 Å². The van der Waals surface area contributed by atoms with Gasteiger partial charge < -0.3 is 4.74 Å². The maximum absolute atomic E-state index is 5.92. The summed E-state index contributed by atoms with van der Waals surface area (Å²) >= 11 is 0. The van der Waals surface area contributed by atoms with Gasteiger partial charge in [-0.25, -0.2) is 0 Å². The van der Waals surface area contributed by atoms with Crippen LogP contribution in [0.15, 0.2) is 60.2 Å². The fourth-order valence-corrected chi connectivity index (χ4v) is 4.14. The highest BCUT2D eigenvalue weighted by Gasteiger charge is 2.39. The third kappa shape index (κ3) is 1.99. The fraction of sp³-hybridized carbons (Fsp3) is 0.273. The average molecular weight is 302 g/mol. The lowest BCUT2D eigenvalue weighted by Crippen LogP contribution is -2.17. The van der Waals surface area contributed by atoms with Crippen molar-refractivity contribution in [1.29, 1.82) is 0 Å². The summed E-state index contributed by atoms with van der Waals surface area (Å²) in [6.07, 6.45) is 6.88. The van der Waals surface area contributed by atoms with Crippen molar-refractivity contribution in [3.8, 4) is 16.9 Å². The Bertz CT molecular complexity index is 823. The van der Waals surface area contributed by atoms with Crippen LogP contribution < -0.4 is 4.74 Å². The summed E-state index contributed by atoms with van der Waals surface area (Å²) in [6, 6.07) is 15.0. The lowest BCUT2D eigenvalue weighted by Gasteiger charge is -2.25. The zero-order valence-electron chi connectivity index (χ0n) is 14.0. The van der Waals surface area contributed by atoms with E-state index in [1.807, 2.05) is 0 Å². The van der Waals surface area contributed by atoms with E-state index in [0.29, 0.717) is 0 Å². The predicted octanol–water partition coefficient (Wildman–Crippen LogP) is 5.76. The van der Waals surface area contributed by atoms with Crippen LogP contribution in [0.5, 0.6) is 5.75 Å². The molecule has 0 saturated carbocycles. The van der Waals surface area contributed by atoms with Gasteiger partial charge in [0.25, 0.3) is 0 Å². The second kappa shape index (κ2) is 5.13. The van der Waals surface area contributed by atoms with E-state index >= 15 is 0 Å². The number of fused-ring (bicyclic) bond motifs is 2. The first-order valence-electron chi connectivity index (χ1n) is 8.32. The molecule has 2 aliphatic carbocycles. The van der Waals surface area contributed by atoms with Gasteiger partial charge >= 0.3 is 0 Å². The van der Waals surface area contributed by atoms with E-state index < -0.39 is 0 Å². The van der Waals surface area contributed by atoms with Crippen molar-refractivity contribution < 1.29 is 4.74 Å². The Hall–Kier alpha value is -2.28. The molecule has 116 valence electrons. The molecule has 4 rings (SSSR count). The summed E-state index contributed by atoms with van der Waals surface area (Å²) in [5.41, 5.74) is 8.10. The zero-order chi connectivity index (χ0) is 16.0. The van der Waals surface area contributed by atoms with Crippen LogP contribution in [0.1, 0.15) is 37.8 Å². The Morgan fingerprint density at radius 2 is 1.78 bits per heavy atom. The first kappa shape index (κ1) is 14.3. The van der Waals surface area contributed by atoms with Gasteiger partial charge in [-0.15, -0.1) is 0 Å². The standard InChI is InChI=1S/C22H22O/c1-22(2)18-12-8-7-11-17(18)20-19(22)14-13-16(21(20)23-3)15-9-5-4-6-10-15/h4-7,9-11,13-14H,8,12H2,1-3H3. The molecule has 0 aromatic heterocycles. The molecule has 0 N–H and O–H groups in total. The fourth-order valence-electron chi connectivity index (χ4n) is 4.14. The summed E-state index contributed by atoms with van der Waals surface area (Å²) in [6.45, 7) is 4.68. The third-order valence-electron chi connectivity index (χ3n) is 5.31. The molecule has 0 atom stereocenters. The zero-order valence-corrected chi connectivity index (χ0v) is 14.0. The van der Waals surface area contributed by atoms with E-state index in [4.69, 9.17) is 4.74 Å². The predicted molar refractivity (Wildman–Crippen MR) is 96.8 cm³/mol. The molecule has 0 fully saturated rings. The number of methoxy groups -OCH3 is 1. The lowest BCUT2D eigenvalue weighted by atomic mass is 9.78. The summed E-state index contributed by atoms with van der Waals surface area (Å²) < 4.78 is 5.92. The number of hydrogen-bond donors (Lipinski definition) is 0. The minimum atomic E-state index is 0.0952. The molecule has 2 aliphatic rings. The topological polar surface area (TPSA) is 9.23 Å². The Morgan fingerprint density at radius 1 is 1.00 bits per heavy atom. The van der Waals surface area contributed by atoms with Gasteiger partial charge in [0, 0.05) is 16.5 Å². The Kier molecular flexibility index (Phi) is 3.19. The third-order valence-corrected chi connectivity index (χ3v) is 5.31. The van der Waals surface area contributed by atoms with Gasteiger partial charge in [0.15, 0.2) is 0 Å². The quantitative estimate of drug-likeness (QED) is 0.685. The van der Waals surface area contributed by atoms with Gasteiger partial charge in [-0.2, -0.15) is 0 Å². The molecule has 0 aliphatic heterocycles. The van der Waals surface area contributed by atoms with Gasteiger partial charge in [-0.05, 0) is 29.5 Å². The second-order valence-corrected chi connectivity index (χ2v) is 6.89. The SMILES string of the molecule is COc1c(-c2ccccc2)ccc2c1C1=C(CCC=C1)C2(C)C. The molecule has 2 aromatic rings. The first-order valence-corrected chi connectivity index (χ1v) is 8.32. The molecular formula is C22H22O. The molecule has 0 spiro atoms. The monoisotopic (exact) mass is 302 g/mol. The van der Waals surface area contributed by atoms with E-state index in [1.54, 1.807) is 12.7 Å². The van der Waals surface area contributed by atoms with Crippen LogP contribution in [0.4, 0.5) is 0 Å². The highest BCUT2D eigenvalue weighted by Crippen LogP contribution is 2.54. The number of rotatable bonds is 2. The van der Waals surface area contributed by atoms with Crippen LogP contribution in [0, 0.1) is 0 Å². The van der Waals surface area contributed by atoms with E-state index in [-0.39, 0.29) is 5.41 Å². The number of ether oxygens (including phenoxy) is 1. The molecule has 23 heavy (non-hydrogen) atoms. The van der Waals surface area contributed by atoms with Crippen molar-refractivity contribution in [1.82, 2.24) is 0 Å². The van der Waals surface area contributed by atoms with Gasteiger partial charge in [0.2, 0.25) is 0 Å². The molecule has 0 heterocycles. The molecule has 1 heteroatoms. The Labute approximate surface area is 138 Å². The maximum atomic E-state index is 5.92. The van der Waals surface area contributed by atoms with E-state index in [9.17, 15) is 0 Å². The highest BCUT2D eigenvalue weighted by molar-refractivity contribution is 5.93. The Morgan fingerprint density at radius 3 is 2.52 bits per heavy atom. The van der Waals surface area contributed by atoms with E-state index in [0.717, 1.165) is 18.6 Å². The van der Waals surface area contributed by atoms with Gasteiger partial charge in [0.05, 0.1) is 7.11 Å². The van der Waals surface area contributed by atoms with Gasteiger partial charge in [-0.1, -0.05) is 74.0 Å². The van der Waals surface area contributed by atoms with Gasteiger partial charge in [-0.3, -0.25) is 0 Å². The van der Waals surface area contributed by atoms with Crippen LogP contribution in [0.2, 0.25) is 0 Å². The normalized spacial score (nSPS) is 17.9. The van der Waals surface area contributed by atoms with Crippen molar-refractivity contribution >= 4 is 5.57 Å². The van der Waals surface area contributed by atoms with Crippen LogP contribution in [-0.4, -0.2) is 7.11 Å². The maximum Gasteiger partial charge on any atom is 0.134 e. The summed E-state index contributed by atoms with van der Waals surface area (Å²) in [5, 5.41) is 0. The van der Waals surface area contributed by atoms with Crippen LogP contribution in [-0.2, 0) is 5.41 Å². The molecular weight excluding hydrogens is 280 g/mol. The minimum Gasteiger partial charge on any atom is -0.495 e. The van der Waals surface area contributed by atoms with Gasteiger partial charge in [0.1, 0.15) is 5.75 Å². The van der Waals surface area contributed by atoms with Crippen molar-refractivity contribution in [2.45, 2.75) is 32.1 Å². The van der Waals surface area contributed by atoms with Crippen molar-refractivity contribution in [2.75, 3.05) is 7.11 Å². The summed E-state index contributed by atoms with van der Waals surface area (Å²) in [5.74, 6) is 1.01. The smallest absolute Gasteiger partial charge is 0.134 e. The minimum absolute atomic E-state index is 0.0952. The molecule has 0 radical (unpaired) electrons. The molecule has 0 unspecified atom stereocenters. The largest absolute Gasteiger partial charge is 0.495 e. The molecule has 1 nitrogen and oxygen atoms in total. The number of allylic oxidation sites excluding steroid dienone is 4. The van der Waals surface area contributed by atoms with E-state index in [2.05, 4.69) is 68.5 Å². The van der Waals surface area contributed by atoms with Crippen molar-refractivity contribution in [3.05, 3.63) is 71.3 Å². The molecule has 2 aromatic carbocycles. The highest BCUT2D eigenvalue weighted by atomic mass is 16.5. The number of hydrogen-bond acceptors (Lipinski definition) is 1. The Balaban J connectivity index is 2.01. The van der Waals surface area contributed by atoms with E-state index in [1.165, 1.54) is 27.8 Å². The van der Waals surface area contributed by atoms with Crippen molar-refractivity contribution in [2.24, 2.45) is 0 Å². The van der Waals surface area contributed by atoms with Crippen molar-refractivity contribution in [3.63, 3.8) is 0 Å². The second-order valence-electron chi connectivity index (χ2n) is 6.89. The summed E-state index contributed by atoms with van der Waals surface area (Å²) in [7, 11) is 1.79. The average Bonchev–Trinajstić information content (AvgIpc) is 2.83. The number of benzene rings is 2. The first-order chi connectivity index (χ1) is 11.1. The summed E-state index contributed by atoms with van der Waals surface area (Å²) in [4.78, 5) is 0. The van der Waals surface area contributed by atoms with Crippen LogP contribution >= 0.6 is 0 Å². The molecule has 0 amide bonds. The molecule has 0 saturated heterocycles. The lowest BCUT2D eigenvalue weighted by molar-refractivity contribution is 0.414. The van der Waals surface area contributed by atoms with Crippen LogP contribution in [0.25, 0.3) is 16.7 Å².